The minimum Gasteiger partial charge on any atom is -0.481 e. The standard InChI is InChI=1S/C14H24N2O3S/c17-13(18)12-4-2-1-3-11(12)8-16-14(19)15-7-10-5-6-20-9-10/h10-12H,1-9H2,(H,17,18)(H2,15,16,19). The van der Waals surface area contributed by atoms with Crippen molar-refractivity contribution in [3.63, 3.8) is 0 Å². The number of hydrogen-bond acceptors (Lipinski definition) is 3. The maximum absolute atomic E-state index is 11.7. The second kappa shape index (κ2) is 7.76. The van der Waals surface area contributed by atoms with Gasteiger partial charge in [0, 0.05) is 13.1 Å². The van der Waals surface area contributed by atoms with Crippen molar-refractivity contribution in [2.75, 3.05) is 24.6 Å². The summed E-state index contributed by atoms with van der Waals surface area (Å²) in [5.74, 6) is 1.97. The molecular weight excluding hydrogens is 276 g/mol. The summed E-state index contributed by atoms with van der Waals surface area (Å²) in [6.07, 6.45) is 4.86. The van der Waals surface area contributed by atoms with Crippen molar-refractivity contribution >= 4 is 23.8 Å². The molecule has 2 rings (SSSR count). The Bertz CT molecular complexity index is 345. The predicted molar refractivity (Wildman–Crippen MR) is 79.9 cm³/mol. The van der Waals surface area contributed by atoms with Crippen LogP contribution in [-0.2, 0) is 4.79 Å². The van der Waals surface area contributed by atoms with Crippen LogP contribution in [0.15, 0.2) is 0 Å². The predicted octanol–water partition coefficient (Wildman–Crippen LogP) is 1.93. The monoisotopic (exact) mass is 300 g/mol. The Kier molecular flexibility index (Phi) is 6.01. The molecule has 20 heavy (non-hydrogen) atoms. The number of urea groups is 1. The molecule has 3 N–H and O–H groups in total. The van der Waals surface area contributed by atoms with Gasteiger partial charge in [-0.05, 0) is 42.6 Å². The third-order valence-corrected chi connectivity index (χ3v) is 5.56. The fourth-order valence-electron chi connectivity index (χ4n) is 3.04. The van der Waals surface area contributed by atoms with Gasteiger partial charge in [-0.15, -0.1) is 0 Å². The first kappa shape index (κ1) is 15.5. The molecule has 0 aromatic carbocycles. The van der Waals surface area contributed by atoms with Crippen LogP contribution in [0.3, 0.4) is 0 Å². The van der Waals surface area contributed by atoms with Gasteiger partial charge in [-0.1, -0.05) is 12.8 Å². The zero-order chi connectivity index (χ0) is 14.4. The molecule has 0 radical (unpaired) electrons. The topological polar surface area (TPSA) is 78.4 Å². The van der Waals surface area contributed by atoms with Crippen molar-refractivity contribution in [2.45, 2.75) is 32.1 Å². The molecule has 1 saturated carbocycles. The number of carboxylic acids is 1. The molecule has 2 aliphatic rings. The van der Waals surface area contributed by atoms with Gasteiger partial charge in [-0.3, -0.25) is 4.79 Å². The number of amides is 2. The Morgan fingerprint density at radius 2 is 1.85 bits per heavy atom. The average Bonchev–Trinajstić information content (AvgIpc) is 2.96. The van der Waals surface area contributed by atoms with Crippen LogP contribution in [0.1, 0.15) is 32.1 Å². The fraction of sp³-hybridized carbons (Fsp3) is 0.857. The van der Waals surface area contributed by atoms with E-state index in [1.54, 1.807) is 0 Å². The third kappa shape index (κ3) is 4.58. The number of rotatable bonds is 5. The first-order chi connectivity index (χ1) is 9.66. The van der Waals surface area contributed by atoms with E-state index in [0.29, 0.717) is 12.5 Å². The van der Waals surface area contributed by atoms with Crippen LogP contribution in [0.5, 0.6) is 0 Å². The lowest BCUT2D eigenvalue weighted by molar-refractivity contribution is -0.144. The molecule has 1 saturated heterocycles. The second-order valence-corrected chi connectivity index (χ2v) is 6.96. The van der Waals surface area contributed by atoms with E-state index in [9.17, 15) is 14.7 Å². The van der Waals surface area contributed by atoms with Crippen LogP contribution in [0.4, 0.5) is 4.79 Å². The summed E-state index contributed by atoms with van der Waals surface area (Å²) in [4.78, 5) is 22.9. The lowest BCUT2D eigenvalue weighted by Crippen LogP contribution is -2.43. The molecule has 3 unspecified atom stereocenters. The van der Waals surface area contributed by atoms with E-state index in [4.69, 9.17) is 0 Å². The van der Waals surface area contributed by atoms with Gasteiger partial charge in [0.1, 0.15) is 0 Å². The van der Waals surface area contributed by atoms with E-state index in [0.717, 1.165) is 38.0 Å². The lowest BCUT2D eigenvalue weighted by atomic mass is 9.79. The zero-order valence-electron chi connectivity index (χ0n) is 11.8. The molecule has 0 bridgehead atoms. The smallest absolute Gasteiger partial charge is 0.314 e. The summed E-state index contributed by atoms with van der Waals surface area (Å²) >= 11 is 1.94. The third-order valence-electron chi connectivity index (χ3n) is 4.33. The maximum atomic E-state index is 11.7. The lowest BCUT2D eigenvalue weighted by Gasteiger charge is -2.28. The van der Waals surface area contributed by atoms with Crippen LogP contribution in [-0.4, -0.2) is 41.7 Å². The SMILES string of the molecule is O=C(NCC1CCSC1)NCC1CCCCC1C(=O)O. The van der Waals surface area contributed by atoms with Gasteiger partial charge in [-0.2, -0.15) is 11.8 Å². The highest BCUT2D eigenvalue weighted by Gasteiger charge is 2.30. The first-order valence-electron chi connectivity index (χ1n) is 7.49. The van der Waals surface area contributed by atoms with Gasteiger partial charge in [0.25, 0.3) is 0 Å². The summed E-state index contributed by atoms with van der Waals surface area (Å²) in [5.41, 5.74) is 0. The van der Waals surface area contributed by atoms with E-state index < -0.39 is 5.97 Å². The minimum absolute atomic E-state index is 0.0778. The van der Waals surface area contributed by atoms with Crippen LogP contribution >= 0.6 is 11.8 Å². The summed E-state index contributed by atoms with van der Waals surface area (Å²) in [6, 6.07) is -0.156. The number of nitrogens with one attached hydrogen (secondary N) is 2. The van der Waals surface area contributed by atoms with Gasteiger partial charge in [-0.25, -0.2) is 4.79 Å². The Balaban J connectivity index is 1.67. The number of aliphatic carboxylic acids is 1. The molecule has 5 nitrogen and oxygen atoms in total. The molecule has 0 spiro atoms. The quantitative estimate of drug-likeness (QED) is 0.725. The second-order valence-electron chi connectivity index (χ2n) is 5.81. The van der Waals surface area contributed by atoms with Crippen molar-refractivity contribution in [2.24, 2.45) is 17.8 Å². The molecular formula is C14H24N2O3S. The number of carbonyl (C=O) groups excluding carboxylic acids is 1. The van der Waals surface area contributed by atoms with Gasteiger partial charge < -0.3 is 15.7 Å². The Morgan fingerprint density at radius 1 is 1.10 bits per heavy atom. The normalized spacial score (nSPS) is 29.9. The Labute approximate surface area is 124 Å². The number of carbonyl (C=O) groups is 2. The van der Waals surface area contributed by atoms with Crippen LogP contribution in [0.2, 0.25) is 0 Å². The Morgan fingerprint density at radius 3 is 2.55 bits per heavy atom. The van der Waals surface area contributed by atoms with E-state index in [2.05, 4.69) is 10.6 Å². The largest absolute Gasteiger partial charge is 0.481 e. The number of carboxylic acid groups (broad SMARTS) is 1. The number of hydrogen-bond donors (Lipinski definition) is 3. The van der Waals surface area contributed by atoms with Crippen molar-refractivity contribution < 1.29 is 14.7 Å². The maximum Gasteiger partial charge on any atom is 0.314 e. The van der Waals surface area contributed by atoms with Crippen molar-refractivity contribution in [1.82, 2.24) is 10.6 Å². The summed E-state index contributed by atoms with van der Waals surface area (Å²) < 4.78 is 0. The minimum atomic E-state index is -0.722. The highest BCUT2D eigenvalue weighted by atomic mass is 32.2. The van der Waals surface area contributed by atoms with E-state index in [1.807, 2.05) is 11.8 Å². The van der Waals surface area contributed by atoms with Gasteiger partial charge >= 0.3 is 12.0 Å². The van der Waals surface area contributed by atoms with Crippen molar-refractivity contribution in [3.8, 4) is 0 Å². The van der Waals surface area contributed by atoms with Crippen LogP contribution < -0.4 is 10.6 Å². The molecule has 0 aromatic rings. The summed E-state index contributed by atoms with van der Waals surface area (Å²) in [5, 5.41) is 14.9. The molecule has 2 fully saturated rings. The van der Waals surface area contributed by atoms with E-state index in [-0.39, 0.29) is 17.9 Å². The first-order valence-corrected chi connectivity index (χ1v) is 8.64. The van der Waals surface area contributed by atoms with Gasteiger partial charge in [0.2, 0.25) is 0 Å². The number of thioether (sulfide) groups is 1. The van der Waals surface area contributed by atoms with Crippen molar-refractivity contribution in [3.05, 3.63) is 0 Å². The highest BCUT2D eigenvalue weighted by molar-refractivity contribution is 7.99. The molecule has 0 aromatic heterocycles. The Hall–Kier alpha value is -0.910. The molecule has 114 valence electrons. The molecule has 2 amide bonds. The van der Waals surface area contributed by atoms with Crippen LogP contribution in [0, 0.1) is 17.8 Å². The van der Waals surface area contributed by atoms with Crippen molar-refractivity contribution in [1.29, 1.82) is 0 Å². The zero-order valence-corrected chi connectivity index (χ0v) is 12.6. The van der Waals surface area contributed by atoms with E-state index >= 15 is 0 Å². The summed E-state index contributed by atoms with van der Waals surface area (Å²) in [6.45, 7) is 1.20. The molecule has 6 heteroatoms. The fourth-order valence-corrected chi connectivity index (χ4v) is 4.33. The molecule has 1 aliphatic carbocycles. The van der Waals surface area contributed by atoms with Gasteiger partial charge in [0.15, 0.2) is 0 Å². The van der Waals surface area contributed by atoms with Crippen LogP contribution in [0.25, 0.3) is 0 Å². The molecule has 1 heterocycles. The van der Waals surface area contributed by atoms with E-state index in [1.165, 1.54) is 12.2 Å². The van der Waals surface area contributed by atoms with Gasteiger partial charge in [0.05, 0.1) is 5.92 Å². The highest BCUT2D eigenvalue weighted by Crippen LogP contribution is 2.29. The average molecular weight is 300 g/mol. The molecule has 1 aliphatic heterocycles. The molecule has 3 atom stereocenters. The summed E-state index contributed by atoms with van der Waals surface area (Å²) in [7, 11) is 0.